The molecule has 0 fully saturated rings. The molecule has 0 aliphatic rings. The molecule has 1 aromatic heterocycles. The molecule has 0 spiro atoms. The second kappa shape index (κ2) is 7.42. The Kier molecular flexibility index (Phi) is 5.51. The van der Waals surface area contributed by atoms with Gasteiger partial charge in [-0.3, -0.25) is 9.59 Å². The average Bonchev–Trinajstić information content (AvgIpc) is 3.08. The minimum atomic E-state index is -4.41. The lowest BCUT2D eigenvalue weighted by Gasteiger charge is -2.19. The van der Waals surface area contributed by atoms with E-state index in [0.29, 0.717) is 5.56 Å². The predicted octanol–water partition coefficient (Wildman–Crippen LogP) is 3.29. The van der Waals surface area contributed by atoms with E-state index in [1.807, 2.05) is 0 Å². The first-order chi connectivity index (χ1) is 11.7. The molecule has 0 aliphatic carbocycles. The quantitative estimate of drug-likeness (QED) is 0.865. The zero-order valence-electron chi connectivity index (χ0n) is 13.6. The van der Waals surface area contributed by atoms with E-state index in [1.54, 1.807) is 13.0 Å². The highest BCUT2D eigenvalue weighted by Crippen LogP contribution is 2.29. The molecule has 134 valence electrons. The lowest BCUT2D eigenvalue weighted by atomic mass is 10.1. The van der Waals surface area contributed by atoms with Crippen LogP contribution < -0.4 is 10.6 Å². The van der Waals surface area contributed by atoms with Crippen molar-refractivity contribution in [3.05, 3.63) is 59.5 Å². The van der Waals surface area contributed by atoms with Crippen molar-refractivity contribution in [1.82, 2.24) is 10.6 Å². The van der Waals surface area contributed by atoms with Crippen LogP contribution in [-0.4, -0.2) is 17.9 Å². The van der Waals surface area contributed by atoms with Crippen molar-refractivity contribution in [2.45, 2.75) is 32.1 Å². The molecule has 5 nitrogen and oxygen atoms in total. The minimum absolute atomic E-state index is 0.0791. The molecule has 2 unspecified atom stereocenters. The summed E-state index contributed by atoms with van der Waals surface area (Å²) in [7, 11) is 0. The Bertz CT molecular complexity index is 725. The number of carbonyl (C=O) groups excluding carboxylic acids is 2. The van der Waals surface area contributed by atoms with Gasteiger partial charge >= 0.3 is 6.18 Å². The molecule has 2 N–H and O–H groups in total. The zero-order chi connectivity index (χ0) is 18.6. The number of hydrogen-bond acceptors (Lipinski definition) is 3. The first-order valence-corrected chi connectivity index (χ1v) is 7.50. The topological polar surface area (TPSA) is 71.3 Å². The van der Waals surface area contributed by atoms with Crippen LogP contribution >= 0.6 is 0 Å². The lowest BCUT2D eigenvalue weighted by molar-refractivity contribution is -0.137. The van der Waals surface area contributed by atoms with Crippen LogP contribution in [0.4, 0.5) is 13.2 Å². The summed E-state index contributed by atoms with van der Waals surface area (Å²) in [5.74, 6) is -0.919. The summed E-state index contributed by atoms with van der Waals surface area (Å²) in [5, 5.41) is 5.11. The van der Waals surface area contributed by atoms with E-state index in [-0.39, 0.29) is 5.76 Å². The third-order valence-corrected chi connectivity index (χ3v) is 3.58. The van der Waals surface area contributed by atoms with Crippen LogP contribution in [0.5, 0.6) is 0 Å². The maximum Gasteiger partial charge on any atom is 0.416 e. The highest BCUT2D eigenvalue weighted by atomic mass is 19.4. The van der Waals surface area contributed by atoms with Crippen molar-refractivity contribution < 1.29 is 27.2 Å². The molecule has 0 saturated heterocycles. The summed E-state index contributed by atoms with van der Waals surface area (Å²) in [6, 6.07) is 6.18. The second-order valence-electron chi connectivity index (χ2n) is 5.52. The maximum atomic E-state index is 12.6. The second-order valence-corrected chi connectivity index (χ2v) is 5.52. The number of benzene rings is 1. The highest BCUT2D eigenvalue weighted by molar-refractivity contribution is 5.95. The van der Waals surface area contributed by atoms with E-state index in [9.17, 15) is 22.8 Å². The van der Waals surface area contributed by atoms with E-state index in [0.717, 1.165) is 12.1 Å². The molecule has 25 heavy (non-hydrogen) atoms. The number of nitrogens with one attached hydrogen (secondary N) is 2. The molecule has 1 aromatic carbocycles. The third-order valence-electron chi connectivity index (χ3n) is 3.58. The van der Waals surface area contributed by atoms with Gasteiger partial charge < -0.3 is 15.1 Å². The molecule has 0 saturated carbocycles. The number of hydrogen-bond donors (Lipinski definition) is 2. The van der Waals surface area contributed by atoms with E-state index < -0.39 is 35.6 Å². The smallest absolute Gasteiger partial charge is 0.416 e. The van der Waals surface area contributed by atoms with E-state index in [2.05, 4.69) is 10.6 Å². The maximum absolute atomic E-state index is 12.6. The van der Waals surface area contributed by atoms with E-state index in [1.165, 1.54) is 31.4 Å². The van der Waals surface area contributed by atoms with Gasteiger partial charge in [0.05, 0.1) is 17.9 Å². The molecule has 1 heterocycles. The van der Waals surface area contributed by atoms with Crippen molar-refractivity contribution in [3.8, 4) is 0 Å². The van der Waals surface area contributed by atoms with E-state index >= 15 is 0 Å². The van der Waals surface area contributed by atoms with Crippen molar-refractivity contribution in [1.29, 1.82) is 0 Å². The van der Waals surface area contributed by atoms with Crippen LogP contribution in [0.2, 0.25) is 0 Å². The first-order valence-electron chi connectivity index (χ1n) is 7.50. The van der Waals surface area contributed by atoms with Crippen molar-refractivity contribution in [3.63, 3.8) is 0 Å². The summed E-state index contributed by atoms with van der Waals surface area (Å²) in [6.45, 7) is 3.14. The van der Waals surface area contributed by atoms with Crippen LogP contribution in [0, 0.1) is 0 Å². The molecule has 2 aromatic rings. The van der Waals surface area contributed by atoms with Gasteiger partial charge in [0.1, 0.15) is 6.04 Å². The number of amides is 2. The largest absolute Gasteiger partial charge is 0.459 e. The van der Waals surface area contributed by atoms with E-state index in [4.69, 9.17) is 4.42 Å². The fourth-order valence-electron chi connectivity index (χ4n) is 2.12. The van der Waals surface area contributed by atoms with Gasteiger partial charge in [-0.05, 0) is 43.7 Å². The van der Waals surface area contributed by atoms with Crippen LogP contribution in [0.3, 0.4) is 0 Å². The number of furan rings is 1. The summed E-state index contributed by atoms with van der Waals surface area (Å²) in [5.41, 5.74) is -0.236. The van der Waals surface area contributed by atoms with Gasteiger partial charge in [-0.2, -0.15) is 13.2 Å². The van der Waals surface area contributed by atoms with Gasteiger partial charge in [0.2, 0.25) is 5.91 Å². The number of rotatable bonds is 5. The predicted molar refractivity (Wildman–Crippen MR) is 83.6 cm³/mol. The van der Waals surface area contributed by atoms with Crippen molar-refractivity contribution >= 4 is 11.8 Å². The van der Waals surface area contributed by atoms with Gasteiger partial charge in [0.25, 0.3) is 5.91 Å². The van der Waals surface area contributed by atoms with Crippen LogP contribution in [0.1, 0.15) is 41.6 Å². The molecule has 0 aliphatic heterocycles. The summed E-state index contributed by atoms with van der Waals surface area (Å²) in [6.07, 6.45) is -3.07. The summed E-state index contributed by atoms with van der Waals surface area (Å²) < 4.78 is 42.6. The molecule has 2 rings (SSSR count). The Balaban J connectivity index is 1.93. The fraction of sp³-hybridized carbons (Fsp3) is 0.294. The zero-order valence-corrected chi connectivity index (χ0v) is 13.6. The number of carbonyl (C=O) groups is 2. The standard InChI is InChI=1S/C17H17F3N2O3/c1-10(12-5-7-13(8-6-12)17(18,19)20)21-15(23)11(2)22-16(24)14-4-3-9-25-14/h3-11H,1-2H3,(H,21,23)(H,22,24). The molecule has 2 atom stereocenters. The molecule has 2 amide bonds. The Morgan fingerprint density at radius 2 is 1.68 bits per heavy atom. The van der Waals surface area contributed by atoms with Gasteiger partial charge in [-0.15, -0.1) is 0 Å². The molecule has 0 bridgehead atoms. The van der Waals surface area contributed by atoms with Gasteiger partial charge in [0, 0.05) is 0 Å². The van der Waals surface area contributed by atoms with Crippen LogP contribution in [0.25, 0.3) is 0 Å². The monoisotopic (exact) mass is 354 g/mol. The lowest BCUT2D eigenvalue weighted by Crippen LogP contribution is -2.45. The highest BCUT2D eigenvalue weighted by Gasteiger charge is 2.30. The van der Waals surface area contributed by atoms with Crippen molar-refractivity contribution in [2.24, 2.45) is 0 Å². The normalized spacial score (nSPS) is 13.8. The SMILES string of the molecule is CC(NC(=O)c1ccco1)C(=O)NC(C)c1ccc(C(F)(F)F)cc1. The Morgan fingerprint density at radius 1 is 1.04 bits per heavy atom. The number of alkyl halides is 3. The number of halogens is 3. The molecule has 8 heteroatoms. The Hall–Kier alpha value is -2.77. The average molecular weight is 354 g/mol. The molecular weight excluding hydrogens is 337 g/mol. The fourth-order valence-corrected chi connectivity index (χ4v) is 2.12. The molecule has 0 radical (unpaired) electrons. The molecular formula is C17H17F3N2O3. The van der Waals surface area contributed by atoms with Gasteiger partial charge in [-0.25, -0.2) is 0 Å². The summed E-state index contributed by atoms with van der Waals surface area (Å²) in [4.78, 5) is 23.9. The van der Waals surface area contributed by atoms with Crippen LogP contribution in [-0.2, 0) is 11.0 Å². The van der Waals surface area contributed by atoms with Crippen molar-refractivity contribution in [2.75, 3.05) is 0 Å². The minimum Gasteiger partial charge on any atom is -0.459 e. The van der Waals surface area contributed by atoms with Gasteiger partial charge in [0.15, 0.2) is 5.76 Å². The third kappa shape index (κ3) is 4.85. The summed E-state index contributed by atoms with van der Waals surface area (Å²) >= 11 is 0. The first kappa shape index (κ1) is 18.6. The Morgan fingerprint density at radius 3 is 2.20 bits per heavy atom. The van der Waals surface area contributed by atoms with Crippen LogP contribution in [0.15, 0.2) is 47.1 Å². The Labute approximate surface area is 142 Å². The van der Waals surface area contributed by atoms with Gasteiger partial charge in [-0.1, -0.05) is 12.1 Å².